The van der Waals surface area contributed by atoms with E-state index in [0.29, 0.717) is 0 Å². The smallest absolute Gasteiger partial charge is 0.0666 e. The van der Waals surface area contributed by atoms with Gasteiger partial charge in [-0.2, -0.15) is 0 Å². The first kappa shape index (κ1) is 9.46. The maximum absolute atomic E-state index is 2.39. The molecule has 0 bridgehead atoms. The van der Waals surface area contributed by atoms with E-state index in [-0.39, 0.29) is 0 Å². The van der Waals surface area contributed by atoms with Gasteiger partial charge in [0.05, 0.1) is 2.88 Å². The lowest BCUT2D eigenvalue weighted by atomic mass is 10.1. The average molecular weight is 302 g/mol. The Hall–Kier alpha value is -0.0900. The fourth-order valence-corrected chi connectivity index (χ4v) is 3.41. The highest BCUT2D eigenvalue weighted by Crippen LogP contribution is 2.30. The zero-order valence-electron chi connectivity index (χ0n) is 7.73. The van der Waals surface area contributed by atoms with Crippen LogP contribution in [0.15, 0.2) is 18.2 Å². The number of halogens is 1. The zero-order valence-corrected chi connectivity index (χ0v) is 10.7. The number of hydrogen-bond acceptors (Lipinski definition) is 1. The number of thiophene rings is 1. The van der Waals surface area contributed by atoms with Gasteiger partial charge in [-0.15, -0.1) is 11.3 Å². The Bertz CT molecular complexity index is 443. The van der Waals surface area contributed by atoms with Gasteiger partial charge in [-0.05, 0) is 58.5 Å². The normalized spacial score (nSPS) is 11.0. The van der Waals surface area contributed by atoms with Crippen molar-refractivity contribution in [3.63, 3.8) is 0 Å². The molecule has 1 aromatic heterocycles. The summed E-state index contributed by atoms with van der Waals surface area (Å²) in [5, 5.41) is 1.41. The first-order valence-electron chi connectivity index (χ1n) is 4.39. The van der Waals surface area contributed by atoms with Gasteiger partial charge in [0, 0.05) is 4.70 Å². The predicted molar refractivity (Wildman–Crippen MR) is 68.7 cm³/mol. The van der Waals surface area contributed by atoms with E-state index in [1.54, 1.807) is 0 Å². The van der Waals surface area contributed by atoms with E-state index in [1.165, 1.54) is 24.1 Å². The van der Waals surface area contributed by atoms with Crippen molar-refractivity contribution >= 4 is 44.0 Å². The predicted octanol–water partition coefficient (Wildman–Crippen LogP) is 4.38. The molecule has 2 rings (SSSR count). The SMILES string of the molecule is CCc1cc(C)c2sc(I)cc2c1. The molecule has 0 saturated heterocycles. The van der Waals surface area contributed by atoms with Crippen molar-refractivity contribution in [1.82, 2.24) is 0 Å². The highest BCUT2D eigenvalue weighted by Gasteiger charge is 2.03. The van der Waals surface area contributed by atoms with E-state index in [2.05, 4.69) is 54.6 Å². The number of fused-ring (bicyclic) bond motifs is 1. The standard InChI is InChI=1S/C11H11IS/c1-3-8-4-7(2)11-9(5-8)6-10(12)13-11/h4-6H,3H2,1-2H3. The monoisotopic (exact) mass is 302 g/mol. The van der Waals surface area contributed by atoms with E-state index in [1.807, 2.05) is 11.3 Å². The van der Waals surface area contributed by atoms with Crippen LogP contribution >= 0.6 is 33.9 Å². The molecule has 1 aromatic carbocycles. The molecule has 0 amide bonds. The van der Waals surface area contributed by atoms with Gasteiger partial charge in [0.2, 0.25) is 0 Å². The van der Waals surface area contributed by atoms with Crippen LogP contribution < -0.4 is 0 Å². The van der Waals surface area contributed by atoms with Gasteiger partial charge < -0.3 is 0 Å². The highest BCUT2D eigenvalue weighted by molar-refractivity contribution is 14.1. The summed E-state index contributed by atoms with van der Waals surface area (Å²) in [6, 6.07) is 6.88. The second kappa shape index (κ2) is 3.58. The lowest BCUT2D eigenvalue weighted by Gasteiger charge is -2.00. The number of benzene rings is 1. The van der Waals surface area contributed by atoms with Crippen LogP contribution in [0.25, 0.3) is 10.1 Å². The lowest BCUT2D eigenvalue weighted by Crippen LogP contribution is -1.81. The molecule has 0 nitrogen and oxygen atoms in total. The van der Waals surface area contributed by atoms with Crippen molar-refractivity contribution in [2.24, 2.45) is 0 Å². The van der Waals surface area contributed by atoms with Crippen molar-refractivity contribution in [1.29, 1.82) is 0 Å². The Morgan fingerprint density at radius 3 is 2.77 bits per heavy atom. The Labute approximate surface area is 96.1 Å². The molecule has 2 heteroatoms. The van der Waals surface area contributed by atoms with Crippen molar-refractivity contribution in [2.45, 2.75) is 20.3 Å². The molecule has 0 unspecified atom stereocenters. The molecule has 1 heterocycles. The molecule has 0 fully saturated rings. The van der Waals surface area contributed by atoms with E-state index in [4.69, 9.17) is 0 Å². The Kier molecular flexibility index (Phi) is 2.60. The third-order valence-corrected chi connectivity index (χ3v) is 4.29. The quantitative estimate of drug-likeness (QED) is 0.686. The second-order valence-electron chi connectivity index (χ2n) is 3.24. The van der Waals surface area contributed by atoms with E-state index in [0.717, 1.165) is 6.42 Å². The maximum Gasteiger partial charge on any atom is 0.0666 e. The van der Waals surface area contributed by atoms with Crippen LogP contribution in [0.1, 0.15) is 18.1 Å². The van der Waals surface area contributed by atoms with Gasteiger partial charge >= 0.3 is 0 Å². The van der Waals surface area contributed by atoms with E-state index < -0.39 is 0 Å². The summed E-state index contributed by atoms with van der Waals surface area (Å²) in [7, 11) is 0. The van der Waals surface area contributed by atoms with Crippen LogP contribution in [0.2, 0.25) is 0 Å². The molecule has 2 aromatic rings. The molecule has 13 heavy (non-hydrogen) atoms. The van der Waals surface area contributed by atoms with Crippen molar-refractivity contribution < 1.29 is 0 Å². The molecular formula is C11H11IS. The molecular weight excluding hydrogens is 291 g/mol. The van der Waals surface area contributed by atoms with Crippen LogP contribution in [0, 0.1) is 9.81 Å². The first-order chi connectivity index (χ1) is 6.20. The van der Waals surface area contributed by atoms with Crippen LogP contribution in [0.3, 0.4) is 0 Å². The van der Waals surface area contributed by atoms with Crippen LogP contribution in [-0.4, -0.2) is 0 Å². The summed E-state index contributed by atoms with van der Waals surface area (Å²) in [6.45, 7) is 4.41. The van der Waals surface area contributed by atoms with Crippen LogP contribution in [0.4, 0.5) is 0 Å². The lowest BCUT2D eigenvalue weighted by molar-refractivity contribution is 1.14. The van der Waals surface area contributed by atoms with Crippen molar-refractivity contribution in [2.75, 3.05) is 0 Å². The summed E-state index contributed by atoms with van der Waals surface area (Å²) in [5.41, 5.74) is 2.86. The van der Waals surface area contributed by atoms with E-state index >= 15 is 0 Å². The minimum Gasteiger partial charge on any atom is -0.129 e. The maximum atomic E-state index is 2.39. The van der Waals surface area contributed by atoms with Crippen LogP contribution in [-0.2, 0) is 6.42 Å². The highest BCUT2D eigenvalue weighted by atomic mass is 127. The number of hydrogen-bond donors (Lipinski definition) is 0. The number of aryl methyl sites for hydroxylation is 2. The topological polar surface area (TPSA) is 0 Å². The number of rotatable bonds is 1. The fraction of sp³-hybridized carbons (Fsp3) is 0.273. The minimum absolute atomic E-state index is 1.13. The third-order valence-electron chi connectivity index (χ3n) is 2.24. The molecule has 0 aliphatic carbocycles. The molecule has 0 aliphatic heterocycles. The summed E-state index contributed by atoms with van der Waals surface area (Å²) < 4.78 is 2.82. The van der Waals surface area contributed by atoms with Gasteiger partial charge in [-0.3, -0.25) is 0 Å². The van der Waals surface area contributed by atoms with Gasteiger partial charge in [0.25, 0.3) is 0 Å². The minimum atomic E-state index is 1.13. The van der Waals surface area contributed by atoms with Crippen molar-refractivity contribution in [3.8, 4) is 0 Å². The molecule has 0 spiro atoms. The molecule has 68 valence electrons. The molecule has 0 N–H and O–H groups in total. The summed E-state index contributed by atoms with van der Waals surface area (Å²) in [6.07, 6.45) is 1.13. The van der Waals surface area contributed by atoms with Crippen molar-refractivity contribution in [3.05, 3.63) is 32.2 Å². The largest absolute Gasteiger partial charge is 0.129 e. The Balaban J connectivity index is 2.75. The Morgan fingerprint density at radius 2 is 2.08 bits per heavy atom. The summed E-state index contributed by atoms with van der Waals surface area (Å²) in [4.78, 5) is 0. The Morgan fingerprint density at radius 1 is 1.31 bits per heavy atom. The fourth-order valence-electron chi connectivity index (χ4n) is 1.58. The van der Waals surface area contributed by atoms with Gasteiger partial charge in [-0.1, -0.05) is 19.1 Å². The first-order valence-corrected chi connectivity index (χ1v) is 6.29. The molecule has 0 saturated carbocycles. The summed E-state index contributed by atoms with van der Waals surface area (Å²) in [5.74, 6) is 0. The zero-order chi connectivity index (χ0) is 9.42. The average Bonchev–Trinajstić information content (AvgIpc) is 2.46. The molecule has 0 atom stereocenters. The second-order valence-corrected chi connectivity index (χ2v) is 6.18. The summed E-state index contributed by atoms with van der Waals surface area (Å²) >= 11 is 4.28. The molecule has 0 radical (unpaired) electrons. The van der Waals surface area contributed by atoms with Gasteiger partial charge in [0.1, 0.15) is 0 Å². The van der Waals surface area contributed by atoms with E-state index in [9.17, 15) is 0 Å². The van der Waals surface area contributed by atoms with Crippen LogP contribution in [0.5, 0.6) is 0 Å². The van der Waals surface area contributed by atoms with Gasteiger partial charge in [-0.25, -0.2) is 0 Å². The third kappa shape index (κ3) is 1.74. The molecule has 0 aliphatic rings. The van der Waals surface area contributed by atoms with Gasteiger partial charge in [0.15, 0.2) is 0 Å².